The molecule has 6 heteroatoms. The Morgan fingerprint density at radius 2 is 1.96 bits per heavy atom. The van der Waals surface area contributed by atoms with Crippen LogP contribution in [0.2, 0.25) is 0 Å². The lowest BCUT2D eigenvalue weighted by atomic mass is 9.96. The maximum atomic E-state index is 12.4. The van der Waals surface area contributed by atoms with Crippen molar-refractivity contribution in [2.75, 3.05) is 26.2 Å². The molecule has 0 saturated carbocycles. The molecular weight excluding hydrogens is 308 g/mol. The van der Waals surface area contributed by atoms with E-state index in [9.17, 15) is 14.4 Å². The second kappa shape index (κ2) is 5.92. The van der Waals surface area contributed by atoms with Crippen LogP contribution in [0.5, 0.6) is 5.75 Å². The summed E-state index contributed by atoms with van der Waals surface area (Å²) in [7, 11) is 0. The van der Waals surface area contributed by atoms with E-state index < -0.39 is 0 Å². The van der Waals surface area contributed by atoms with Crippen molar-refractivity contribution in [3.63, 3.8) is 0 Å². The molecule has 3 heterocycles. The number of carbonyl (C=O) groups is 3. The molecule has 0 bridgehead atoms. The van der Waals surface area contributed by atoms with Gasteiger partial charge >= 0.3 is 0 Å². The zero-order valence-electron chi connectivity index (χ0n) is 13.5. The molecule has 3 amide bonds. The number of rotatable bonds is 3. The lowest BCUT2D eigenvalue weighted by molar-refractivity contribution is -0.145. The molecule has 6 nitrogen and oxygen atoms in total. The van der Waals surface area contributed by atoms with E-state index in [4.69, 9.17) is 4.74 Å². The van der Waals surface area contributed by atoms with Gasteiger partial charge < -0.3 is 9.64 Å². The molecule has 0 aromatic heterocycles. The van der Waals surface area contributed by atoms with Gasteiger partial charge in [-0.05, 0) is 23.6 Å². The van der Waals surface area contributed by atoms with Crippen LogP contribution < -0.4 is 4.74 Å². The molecular formula is C18H20N2O4. The highest BCUT2D eigenvalue weighted by Crippen LogP contribution is 2.33. The van der Waals surface area contributed by atoms with Gasteiger partial charge in [-0.15, -0.1) is 0 Å². The van der Waals surface area contributed by atoms with Crippen LogP contribution in [0.25, 0.3) is 0 Å². The number of hydrogen-bond acceptors (Lipinski definition) is 4. The van der Waals surface area contributed by atoms with Crippen molar-refractivity contribution in [3.8, 4) is 5.75 Å². The Morgan fingerprint density at radius 1 is 1.17 bits per heavy atom. The first-order chi connectivity index (χ1) is 11.6. The minimum atomic E-state index is -0.234. The predicted molar refractivity (Wildman–Crippen MR) is 85.5 cm³/mol. The number of carbonyl (C=O) groups excluding carboxylic acids is 3. The first-order valence-electron chi connectivity index (χ1n) is 8.48. The van der Waals surface area contributed by atoms with Crippen LogP contribution in [0.3, 0.4) is 0 Å². The molecule has 4 rings (SSSR count). The van der Waals surface area contributed by atoms with E-state index >= 15 is 0 Å². The second-order valence-electron chi connectivity index (χ2n) is 6.66. The molecule has 3 aliphatic rings. The average molecular weight is 328 g/mol. The number of imide groups is 1. The zero-order valence-corrected chi connectivity index (χ0v) is 13.5. The van der Waals surface area contributed by atoms with E-state index in [-0.39, 0.29) is 37.1 Å². The Balaban J connectivity index is 1.40. The lowest BCUT2D eigenvalue weighted by Crippen LogP contribution is -2.41. The summed E-state index contributed by atoms with van der Waals surface area (Å²) in [5, 5.41) is 0. The number of benzene rings is 1. The van der Waals surface area contributed by atoms with Gasteiger partial charge in [0.2, 0.25) is 17.7 Å². The van der Waals surface area contributed by atoms with Crippen molar-refractivity contribution in [2.24, 2.45) is 0 Å². The quantitative estimate of drug-likeness (QED) is 0.779. The third kappa shape index (κ3) is 2.66. The summed E-state index contributed by atoms with van der Waals surface area (Å²) in [4.78, 5) is 38.6. The standard InChI is InChI=1S/C18H20N2O4/c21-16-3-4-17(22)20(16)11-18(23)19-7-5-14(10-19)12-1-2-15-13(9-12)6-8-24-15/h1-2,9,14H,3-8,10-11H2/t14-/m0/s1. The van der Waals surface area contributed by atoms with Crippen LogP contribution in [0, 0.1) is 0 Å². The van der Waals surface area contributed by atoms with Crippen molar-refractivity contribution >= 4 is 17.7 Å². The second-order valence-corrected chi connectivity index (χ2v) is 6.66. The molecule has 126 valence electrons. The molecule has 0 N–H and O–H groups in total. The Hall–Kier alpha value is -2.37. The van der Waals surface area contributed by atoms with Crippen LogP contribution in [0.4, 0.5) is 0 Å². The minimum absolute atomic E-state index is 0.109. The van der Waals surface area contributed by atoms with Crippen LogP contribution >= 0.6 is 0 Å². The Kier molecular flexibility index (Phi) is 3.75. The van der Waals surface area contributed by atoms with Gasteiger partial charge in [0, 0.05) is 38.3 Å². The number of hydrogen-bond donors (Lipinski definition) is 0. The van der Waals surface area contributed by atoms with Gasteiger partial charge in [0.15, 0.2) is 0 Å². The molecule has 1 aromatic rings. The first-order valence-corrected chi connectivity index (χ1v) is 8.48. The van der Waals surface area contributed by atoms with Crippen LogP contribution in [-0.4, -0.2) is 53.8 Å². The van der Waals surface area contributed by atoms with Gasteiger partial charge in [-0.1, -0.05) is 12.1 Å². The van der Waals surface area contributed by atoms with E-state index in [0.29, 0.717) is 19.0 Å². The summed E-state index contributed by atoms with van der Waals surface area (Å²) in [5.74, 6) is 0.677. The smallest absolute Gasteiger partial charge is 0.242 e. The third-order valence-corrected chi connectivity index (χ3v) is 5.17. The summed E-state index contributed by atoms with van der Waals surface area (Å²) in [6.07, 6.45) is 2.31. The summed E-state index contributed by atoms with van der Waals surface area (Å²) in [6.45, 7) is 1.95. The summed E-state index contributed by atoms with van der Waals surface area (Å²) in [6, 6.07) is 6.29. The molecule has 3 aliphatic heterocycles. The van der Waals surface area contributed by atoms with Gasteiger partial charge in [0.1, 0.15) is 12.3 Å². The van der Waals surface area contributed by atoms with Crippen LogP contribution in [0.1, 0.15) is 36.3 Å². The highest BCUT2D eigenvalue weighted by Gasteiger charge is 2.34. The zero-order chi connectivity index (χ0) is 16.7. The Morgan fingerprint density at radius 3 is 2.75 bits per heavy atom. The summed E-state index contributed by atoms with van der Waals surface area (Å²) < 4.78 is 5.54. The highest BCUT2D eigenvalue weighted by molar-refractivity contribution is 6.04. The highest BCUT2D eigenvalue weighted by atomic mass is 16.5. The van der Waals surface area contributed by atoms with Gasteiger partial charge in [0.05, 0.1) is 6.61 Å². The SMILES string of the molecule is O=C(CN1C(=O)CCC1=O)N1CC[C@H](c2ccc3c(c2)CCO3)C1. The third-order valence-electron chi connectivity index (χ3n) is 5.17. The van der Waals surface area contributed by atoms with Crippen molar-refractivity contribution in [2.45, 2.75) is 31.6 Å². The molecule has 0 radical (unpaired) electrons. The monoisotopic (exact) mass is 328 g/mol. The number of ether oxygens (including phenoxy) is 1. The lowest BCUT2D eigenvalue weighted by Gasteiger charge is -2.20. The van der Waals surface area contributed by atoms with Crippen molar-refractivity contribution in [1.82, 2.24) is 9.80 Å². The number of fused-ring (bicyclic) bond motifs is 1. The van der Waals surface area contributed by atoms with Crippen LogP contribution in [0.15, 0.2) is 18.2 Å². The van der Waals surface area contributed by atoms with Gasteiger partial charge in [-0.3, -0.25) is 19.3 Å². The van der Waals surface area contributed by atoms with E-state index in [1.807, 2.05) is 6.07 Å². The van der Waals surface area contributed by atoms with Crippen molar-refractivity contribution in [3.05, 3.63) is 29.3 Å². The fraction of sp³-hybridized carbons (Fsp3) is 0.500. The average Bonchev–Trinajstić information content (AvgIpc) is 3.29. The molecule has 0 spiro atoms. The fourth-order valence-corrected chi connectivity index (χ4v) is 3.75. The Bertz CT molecular complexity index is 699. The molecule has 0 aliphatic carbocycles. The largest absolute Gasteiger partial charge is 0.493 e. The number of nitrogens with zero attached hydrogens (tertiary/aromatic N) is 2. The number of likely N-dealkylation sites (tertiary alicyclic amines) is 2. The molecule has 1 aromatic carbocycles. The minimum Gasteiger partial charge on any atom is -0.493 e. The molecule has 2 fully saturated rings. The van der Waals surface area contributed by atoms with Crippen molar-refractivity contribution in [1.29, 1.82) is 0 Å². The van der Waals surface area contributed by atoms with E-state index in [2.05, 4.69) is 12.1 Å². The van der Waals surface area contributed by atoms with E-state index in [1.165, 1.54) is 11.1 Å². The predicted octanol–water partition coefficient (Wildman–Crippen LogP) is 1.09. The fourth-order valence-electron chi connectivity index (χ4n) is 3.75. The van der Waals surface area contributed by atoms with Gasteiger partial charge in [-0.25, -0.2) is 0 Å². The molecule has 1 atom stereocenters. The topological polar surface area (TPSA) is 66.9 Å². The molecule has 2 saturated heterocycles. The van der Waals surface area contributed by atoms with Crippen molar-refractivity contribution < 1.29 is 19.1 Å². The normalized spacial score (nSPS) is 22.9. The maximum Gasteiger partial charge on any atom is 0.242 e. The van der Waals surface area contributed by atoms with Gasteiger partial charge in [0.25, 0.3) is 0 Å². The Labute approximate surface area is 140 Å². The van der Waals surface area contributed by atoms with Crippen LogP contribution in [-0.2, 0) is 20.8 Å². The maximum absolute atomic E-state index is 12.4. The van der Waals surface area contributed by atoms with E-state index in [1.54, 1.807) is 4.90 Å². The number of amides is 3. The van der Waals surface area contributed by atoms with Gasteiger partial charge in [-0.2, -0.15) is 0 Å². The summed E-state index contributed by atoms with van der Waals surface area (Å²) >= 11 is 0. The first kappa shape index (κ1) is 15.2. The molecule has 0 unspecified atom stereocenters. The van der Waals surface area contributed by atoms with E-state index in [0.717, 1.165) is 30.1 Å². The summed E-state index contributed by atoms with van der Waals surface area (Å²) in [5.41, 5.74) is 2.48. The molecule has 24 heavy (non-hydrogen) atoms.